The SMILES string of the molecule is O=Cc1ccc(Oc2cccc(CO)c2)c(Cl)c1. The lowest BCUT2D eigenvalue weighted by Gasteiger charge is -2.08. The van der Waals surface area contributed by atoms with Gasteiger partial charge in [0.25, 0.3) is 0 Å². The molecule has 18 heavy (non-hydrogen) atoms. The molecule has 0 aromatic heterocycles. The van der Waals surface area contributed by atoms with Crippen molar-refractivity contribution >= 4 is 17.9 Å². The lowest BCUT2D eigenvalue weighted by atomic mass is 10.2. The van der Waals surface area contributed by atoms with Crippen LogP contribution in [0.5, 0.6) is 11.5 Å². The van der Waals surface area contributed by atoms with E-state index in [0.717, 1.165) is 11.8 Å². The van der Waals surface area contributed by atoms with Gasteiger partial charge in [0.15, 0.2) is 0 Å². The van der Waals surface area contributed by atoms with Gasteiger partial charge < -0.3 is 9.84 Å². The molecule has 0 fully saturated rings. The summed E-state index contributed by atoms with van der Waals surface area (Å²) in [6, 6.07) is 11.9. The summed E-state index contributed by atoms with van der Waals surface area (Å²) in [5.41, 5.74) is 1.25. The molecule has 0 spiro atoms. The molecular formula is C14H11ClO3. The zero-order chi connectivity index (χ0) is 13.0. The van der Waals surface area contributed by atoms with Crippen molar-refractivity contribution in [2.45, 2.75) is 6.61 Å². The van der Waals surface area contributed by atoms with Gasteiger partial charge in [0, 0.05) is 5.56 Å². The average Bonchev–Trinajstić information content (AvgIpc) is 2.41. The molecular weight excluding hydrogens is 252 g/mol. The molecule has 92 valence electrons. The van der Waals surface area contributed by atoms with Gasteiger partial charge in [0.1, 0.15) is 17.8 Å². The van der Waals surface area contributed by atoms with E-state index in [1.807, 2.05) is 0 Å². The molecule has 3 nitrogen and oxygen atoms in total. The number of ether oxygens (including phenoxy) is 1. The fourth-order valence-corrected chi connectivity index (χ4v) is 1.74. The van der Waals surface area contributed by atoms with Crippen LogP contribution < -0.4 is 4.74 Å². The standard InChI is InChI=1S/C14H11ClO3/c15-13-7-11(9-17)4-5-14(13)18-12-3-1-2-10(6-12)8-16/h1-7,9,16H,8H2. The van der Waals surface area contributed by atoms with Crippen molar-refractivity contribution in [3.8, 4) is 11.5 Å². The highest BCUT2D eigenvalue weighted by molar-refractivity contribution is 6.32. The minimum Gasteiger partial charge on any atom is -0.456 e. The van der Waals surface area contributed by atoms with Crippen molar-refractivity contribution in [2.75, 3.05) is 0 Å². The molecule has 0 saturated heterocycles. The molecule has 0 amide bonds. The second-order valence-corrected chi connectivity index (χ2v) is 4.12. The maximum absolute atomic E-state index is 10.6. The van der Waals surface area contributed by atoms with Crippen molar-refractivity contribution in [3.05, 3.63) is 58.6 Å². The molecule has 0 unspecified atom stereocenters. The maximum Gasteiger partial charge on any atom is 0.150 e. The van der Waals surface area contributed by atoms with E-state index >= 15 is 0 Å². The van der Waals surface area contributed by atoms with E-state index in [2.05, 4.69) is 0 Å². The second kappa shape index (κ2) is 5.67. The van der Waals surface area contributed by atoms with Crippen LogP contribution in [-0.4, -0.2) is 11.4 Å². The Morgan fingerprint density at radius 2 is 2.06 bits per heavy atom. The summed E-state index contributed by atoms with van der Waals surface area (Å²) in [6.07, 6.45) is 0.724. The van der Waals surface area contributed by atoms with Crippen LogP contribution >= 0.6 is 11.6 Å². The first kappa shape index (κ1) is 12.6. The Balaban J connectivity index is 2.25. The number of hydrogen-bond acceptors (Lipinski definition) is 3. The van der Waals surface area contributed by atoms with Gasteiger partial charge in [-0.2, -0.15) is 0 Å². The summed E-state index contributed by atoms with van der Waals surface area (Å²) in [7, 11) is 0. The summed E-state index contributed by atoms with van der Waals surface area (Å²) < 4.78 is 5.59. The van der Waals surface area contributed by atoms with Crippen LogP contribution in [0.1, 0.15) is 15.9 Å². The Bertz CT molecular complexity index is 567. The number of aliphatic hydroxyl groups is 1. The summed E-state index contributed by atoms with van der Waals surface area (Å²) in [4.78, 5) is 10.6. The minimum atomic E-state index is -0.0466. The summed E-state index contributed by atoms with van der Waals surface area (Å²) >= 11 is 6.00. The predicted octanol–water partition coefficient (Wildman–Crippen LogP) is 3.44. The largest absolute Gasteiger partial charge is 0.456 e. The molecule has 0 heterocycles. The van der Waals surface area contributed by atoms with Crippen LogP contribution in [0.25, 0.3) is 0 Å². The van der Waals surface area contributed by atoms with E-state index < -0.39 is 0 Å². The molecule has 0 atom stereocenters. The fraction of sp³-hybridized carbons (Fsp3) is 0.0714. The number of carbonyl (C=O) groups excluding carboxylic acids is 1. The normalized spacial score (nSPS) is 10.1. The Morgan fingerprint density at radius 3 is 2.72 bits per heavy atom. The highest BCUT2D eigenvalue weighted by Crippen LogP contribution is 2.30. The molecule has 0 saturated carbocycles. The van der Waals surface area contributed by atoms with Gasteiger partial charge in [-0.1, -0.05) is 23.7 Å². The Morgan fingerprint density at radius 1 is 1.22 bits per heavy atom. The van der Waals surface area contributed by atoms with Crippen LogP contribution in [0, 0.1) is 0 Å². The molecule has 2 rings (SSSR count). The van der Waals surface area contributed by atoms with E-state index in [1.54, 1.807) is 42.5 Å². The molecule has 0 aliphatic rings. The van der Waals surface area contributed by atoms with E-state index in [1.165, 1.54) is 0 Å². The fourth-order valence-electron chi connectivity index (χ4n) is 1.51. The first-order valence-corrected chi connectivity index (χ1v) is 5.73. The first-order chi connectivity index (χ1) is 8.72. The second-order valence-electron chi connectivity index (χ2n) is 3.72. The third-order valence-corrected chi connectivity index (χ3v) is 2.70. The Labute approximate surface area is 110 Å². The molecule has 2 aromatic carbocycles. The number of benzene rings is 2. The first-order valence-electron chi connectivity index (χ1n) is 5.35. The number of carbonyl (C=O) groups is 1. The minimum absolute atomic E-state index is 0.0466. The zero-order valence-electron chi connectivity index (χ0n) is 9.47. The molecule has 4 heteroatoms. The summed E-state index contributed by atoms with van der Waals surface area (Å²) in [6.45, 7) is -0.0466. The van der Waals surface area contributed by atoms with Gasteiger partial charge in [0.05, 0.1) is 11.6 Å². The van der Waals surface area contributed by atoms with Crippen LogP contribution in [0.2, 0.25) is 5.02 Å². The number of aldehydes is 1. The van der Waals surface area contributed by atoms with Gasteiger partial charge in [-0.05, 0) is 35.9 Å². The van der Waals surface area contributed by atoms with Crippen molar-refractivity contribution in [1.82, 2.24) is 0 Å². The van der Waals surface area contributed by atoms with Crippen LogP contribution in [0.4, 0.5) is 0 Å². The highest BCUT2D eigenvalue weighted by Gasteiger charge is 2.04. The molecule has 0 bridgehead atoms. The van der Waals surface area contributed by atoms with E-state index in [9.17, 15) is 4.79 Å². The Kier molecular flexibility index (Phi) is 3.97. The lowest BCUT2D eigenvalue weighted by molar-refractivity contribution is 0.112. The van der Waals surface area contributed by atoms with Crippen molar-refractivity contribution < 1.29 is 14.6 Å². The van der Waals surface area contributed by atoms with Gasteiger partial charge in [-0.3, -0.25) is 4.79 Å². The highest BCUT2D eigenvalue weighted by atomic mass is 35.5. The number of rotatable bonds is 4. The summed E-state index contributed by atoms with van der Waals surface area (Å²) in [5.74, 6) is 1.06. The van der Waals surface area contributed by atoms with Gasteiger partial charge >= 0.3 is 0 Å². The molecule has 0 aliphatic heterocycles. The van der Waals surface area contributed by atoms with E-state index in [-0.39, 0.29) is 6.61 Å². The molecule has 1 N–H and O–H groups in total. The lowest BCUT2D eigenvalue weighted by Crippen LogP contribution is -1.89. The molecule has 0 radical (unpaired) electrons. The zero-order valence-corrected chi connectivity index (χ0v) is 10.2. The number of hydrogen-bond donors (Lipinski definition) is 1. The van der Waals surface area contributed by atoms with Crippen molar-refractivity contribution in [1.29, 1.82) is 0 Å². The molecule has 2 aromatic rings. The van der Waals surface area contributed by atoms with Crippen LogP contribution in [0.15, 0.2) is 42.5 Å². The van der Waals surface area contributed by atoms with E-state index in [4.69, 9.17) is 21.4 Å². The monoisotopic (exact) mass is 262 g/mol. The third-order valence-electron chi connectivity index (χ3n) is 2.40. The van der Waals surface area contributed by atoms with Crippen LogP contribution in [0.3, 0.4) is 0 Å². The van der Waals surface area contributed by atoms with Gasteiger partial charge in [-0.25, -0.2) is 0 Å². The van der Waals surface area contributed by atoms with Crippen molar-refractivity contribution in [3.63, 3.8) is 0 Å². The summed E-state index contributed by atoms with van der Waals surface area (Å²) in [5, 5.41) is 9.40. The molecule has 0 aliphatic carbocycles. The van der Waals surface area contributed by atoms with Gasteiger partial charge in [-0.15, -0.1) is 0 Å². The maximum atomic E-state index is 10.6. The average molecular weight is 263 g/mol. The van der Waals surface area contributed by atoms with E-state index in [0.29, 0.717) is 22.1 Å². The van der Waals surface area contributed by atoms with Crippen molar-refractivity contribution in [2.24, 2.45) is 0 Å². The van der Waals surface area contributed by atoms with Crippen LogP contribution in [-0.2, 0) is 6.61 Å². The van der Waals surface area contributed by atoms with Gasteiger partial charge in [0.2, 0.25) is 0 Å². The Hall–Kier alpha value is -1.84. The smallest absolute Gasteiger partial charge is 0.150 e. The topological polar surface area (TPSA) is 46.5 Å². The quantitative estimate of drug-likeness (QED) is 0.859. The third kappa shape index (κ3) is 2.88. The number of halogens is 1. The number of aliphatic hydroxyl groups excluding tert-OH is 1. The predicted molar refractivity (Wildman–Crippen MR) is 69.3 cm³/mol.